The van der Waals surface area contributed by atoms with Gasteiger partial charge in [0, 0.05) is 19.6 Å². The Morgan fingerprint density at radius 2 is 1.48 bits per heavy atom. The number of nitrogens with zero attached hydrogens (tertiary/aromatic N) is 2. The molecule has 3 heteroatoms. The molecule has 0 saturated carbocycles. The molecule has 136 valence electrons. The van der Waals surface area contributed by atoms with Gasteiger partial charge in [-0.25, -0.2) is 4.39 Å². The van der Waals surface area contributed by atoms with Crippen molar-refractivity contribution >= 4 is 0 Å². The SMILES string of the molecule is CC(C)(C)CCN1CCC(CC(C)(C)CCN2CC[C@H](F)C2)C1. The Kier molecular flexibility index (Phi) is 6.52. The lowest BCUT2D eigenvalue weighted by Gasteiger charge is -2.30. The van der Waals surface area contributed by atoms with Gasteiger partial charge in [-0.3, -0.25) is 0 Å². The topological polar surface area (TPSA) is 6.48 Å². The van der Waals surface area contributed by atoms with Crippen molar-refractivity contribution in [3.05, 3.63) is 0 Å². The molecule has 2 saturated heterocycles. The van der Waals surface area contributed by atoms with E-state index in [0.29, 0.717) is 17.4 Å². The predicted octanol–water partition coefficient (Wildman–Crippen LogP) is 4.59. The first-order chi connectivity index (χ1) is 10.6. The monoisotopic (exact) mass is 326 g/mol. The summed E-state index contributed by atoms with van der Waals surface area (Å²) in [6.07, 6.45) is 5.35. The van der Waals surface area contributed by atoms with Crippen LogP contribution in [-0.2, 0) is 0 Å². The average Bonchev–Trinajstić information content (AvgIpc) is 3.02. The molecule has 2 aliphatic rings. The van der Waals surface area contributed by atoms with Crippen LogP contribution >= 0.6 is 0 Å². The first-order valence-electron chi connectivity index (χ1n) is 9.72. The Balaban J connectivity index is 1.67. The lowest BCUT2D eigenvalue weighted by atomic mass is 9.79. The van der Waals surface area contributed by atoms with Crippen LogP contribution < -0.4 is 0 Å². The summed E-state index contributed by atoms with van der Waals surface area (Å²) < 4.78 is 13.3. The molecule has 0 amide bonds. The molecule has 2 nitrogen and oxygen atoms in total. The zero-order chi connectivity index (χ0) is 17.1. The summed E-state index contributed by atoms with van der Waals surface area (Å²) in [6, 6.07) is 0. The Bertz CT molecular complexity index is 361. The van der Waals surface area contributed by atoms with Gasteiger partial charge in [0.05, 0.1) is 0 Å². The van der Waals surface area contributed by atoms with E-state index in [1.807, 2.05) is 0 Å². The highest BCUT2D eigenvalue weighted by molar-refractivity contribution is 4.84. The lowest BCUT2D eigenvalue weighted by molar-refractivity contribution is 0.194. The van der Waals surface area contributed by atoms with Crippen molar-refractivity contribution in [2.45, 2.75) is 72.9 Å². The quantitative estimate of drug-likeness (QED) is 0.675. The summed E-state index contributed by atoms with van der Waals surface area (Å²) in [7, 11) is 0. The molecular formula is C20H39FN2. The van der Waals surface area contributed by atoms with Gasteiger partial charge >= 0.3 is 0 Å². The van der Waals surface area contributed by atoms with Crippen LogP contribution in [0.25, 0.3) is 0 Å². The van der Waals surface area contributed by atoms with Crippen LogP contribution in [-0.4, -0.2) is 55.2 Å². The van der Waals surface area contributed by atoms with Crippen LogP contribution in [0.1, 0.15) is 66.7 Å². The van der Waals surface area contributed by atoms with Crippen molar-refractivity contribution < 1.29 is 4.39 Å². The highest BCUT2D eigenvalue weighted by atomic mass is 19.1. The number of hydrogen-bond acceptors (Lipinski definition) is 2. The zero-order valence-electron chi connectivity index (χ0n) is 16.2. The molecule has 0 aromatic heterocycles. The largest absolute Gasteiger partial charge is 0.303 e. The zero-order valence-corrected chi connectivity index (χ0v) is 16.2. The predicted molar refractivity (Wildman–Crippen MR) is 97.6 cm³/mol. The summed E-state index contributed by atoms with van der Waals surface area (Å²) in [5, 5.41) is 0. The second-order valence-electron chi connectivity index (χ2n) is 10.1. The van der Waals surface area contributed by atoms with Gasteiger partial charge in [0.25, 0.3) is 0 Å². The van der Waals surface area contributed by atoms with E-state index >= 15 is 0 Å². The number of hydrogen-bond donors (Lipinski definition) is 0. The van der Waals surface area contributed by atoms with Crippen molar-refractivity contribution in [2.75, 3.05) is 39.3 Å². The molecule has 0 N–H and O–H groups in total. The van der Waals surface area contributed by atoms with E-state index in [1.165, 1.54) is 45.3 Å². The minimum atomic E-state index is -0.579. The molecule has 0 aromatic carbocycles. The van der Waals surface area contributed by atoms with Crippen LogP contribution in [0.5, 0.6) is 0 Å². The van der Waals surface area contributed by atoms with Gasteiger partial charge in [-0.15, -0.1) is 0 Å². The molecule has 0 bridgehead atoms. The summed E-state index contributed by atoms with van der Waals surface area (Å²) in [5.74, 6) is 0.859. The molecule has 23 heavy (non-hydrogen) atoms. The fraction of sp³-hybridized carbons (Fsp3) is 1.00. The Morgan fingerprint density at radius 1 is 0.870 bits per heavy atom. The molecule has 1 unspecified atom stereocenters. The highest BCUT2D eigenvalue weighted by Gasteiger charge is 2.30. The summed E-state index contributed by atoms with van der Waals surface area (Å²) in [5.41, 5.74) is 0.834. The van der Waals surface area contributed by atoms with Gasteiger partial charge in [0.1, 0.15) is 6.17 Å². The average molecular weight is 327 g/mol. The van der Waals surface area contributed by atoms with Crippen LogP contribution in [0.2, 0.25) is 0 Å². The van der Waals surface area contributed by atoms with Gasteiger partial charge in [0.15, 0.2) is 0 Å². The smallest absolute Gasteiger partial charge is 0.114 e. The maximum atomic E-state index is 13.3. The lowest BCUT2D eigenvalue weighted by Crippen LogP contribution is -2.29. The summed E-state index contributed by atoms with van der Waals surface area (Å²) in [4.78, 5) is 4.98. The molecule has 2 aliphatic heterocycles. The van der Waals surface area contributed by atoms with E-state index in [0.717, 1.165) is 25.4 Å². The molecule has 2 fully saturated rings. The number of rotatable bonds is 7. The minimum absolute atomic E-state index is 0.388. The first-order valence-corrected chi connectivity index (χ1v) is 9.72. The molecule has 2 heterocycles. The van der Waals surface area contributed by atoms with E-state index in [4.69, 9.17) is 0 Å². The summed E-state index contributed by atoms with van der Waals surface area (Å²) >= 11 is 0. The van der Waals surface area contributed by atoms with Crippen molar-refractivity contribution in [1.82, 2.24) is 9.80 Å². The Hall–Kier alpha value is -0.150. The van der Waals surface area contributed by atoms with E-state index in [9.17, 15) is 4.39 Å². The molecular weight excluding hydrogens is 287 g/mol. The van der Waals surface area contributed by atoms with Gasteiger partial charge in [-0.2, -0.15) is 0 Å². The highest BCUT2D eigenvalue weighted by Crippen LogP contribution is 2.34. The third-order valence-electron chi connectivity index (χ3n) is 5.71. The standard InChI is InChI=1S/C20H39FN2/c1-19(2,3)8-12-22-10-6-17(15-22)14-20(4,5)9-13-23-11-7-18(21)16-23/h17-18H,6-16H2,1-5H3/t17?,18-/m0/s1. The Morgan fingerprint density at radius 3 is 2.09 bits per heavy atom. The van der Waals surface area contributed by atoms with Crippen LogP contribution in [0.4, 0.5) is 4.39 Å². The Labute approximate surface area is 143 Å². The van der Waals surface area contributed by atoms with Crippen LogP contribution in [0, 0.1) is 16.7 Å². The molecule has 2 rings (SSSR count). The third-order valence-corrected chi connectivity index (χ3v) is 5.71. The minimum Gasteiger partial charge on any atom is -0.303 e. The fourth-order valence-corrected chi connectivity index (χ4v) is 4.11. The van der Waals surface area contributed by atoms with Crippen molar-refractivity contribution in [3.63, 3.8) is 0 Å². The van der Waals surface area contributed by atoms with Crippen LogP contribution in [0.3, 0.4) is 0 Å². The normalized spacial score (nSPS) is 27.9. The van der Waals surface area contributed by atoms with Crippen LogP contribution in [0.15, 0.2) is 0 Å². The van der Waals surface area contributed by atoms with Gasteiger partial charge < -0.3 is 9.80 Å². The number of halogens is 1. The van der Waals surface area contributed by atoms with E-state index < -0.39 is 6.17 Å². The van der Waals surface area contributed by atoms with E-state index in [2.05, 4.69) is 44.4 Å². The molecule has 0 spiro atoms. The van der Waals surface area contributed by atoms with Crippen molar-refractivity contribution in [3.8, 4) is 0 Å². The van der Waals surface area contributed by atoms with Crippen molar-refractivity contribution in [1.29, 1.82) is 0 Å². The second kappa shape index (κ2) is 7.82. The van der Waals surface area contributed by atoms with Gasteiger partial charge in [-0.1, -0.05) is 34.6 Å². The van der Waals surface area contributed by atoms with Crippen molar-refractivity contribution in [2.24, 2.45) is 16.7 Å². The third kappa shape index (κ3) is 7.09. The maximum absolute atomic E-state index is 13.3. The first kappa shape index (κ1) is 19.2. The molecule has 0 aromatic rings. The number of likely N-dealkylation sites (tertiary alicyclic amines) is 2. The van der Waals surface area contributed by atoms with E-state index in [-0.39, 0.29) is 0 Å². The second-order valence-corrected chi connectivity index (χ2v) is 10.1. The summed E-state index contributed by atoms with van der Waals surface area (Å²) in [6.45, 7) is 18.4. The van der Waals surface area contributed by atoms with Gasteiger partial charge in [-0.05, 0) is 68.5 Å². The molecule has 2 atom stereocenters. The van der Waals surface area contributed by atoms with Gasteiger partial charge in [0.2, 0.25) is 0 Å². The molecule has 0 radical (unpaired) electrons. The maximum Gasteiger partial charge on any atom is 0.114 e. The fourth-order valence-electron chi connectivity index (χ4n) is 4.11. The number of alkyl halides is 1. The molecule has 0 aliphatic carbocycles. The van der Waals surface area contributed by atoms with E-state index in [1.54, 1.807) is 0 Å².